The summed E-state index contributed by atoms with van der Waals surface area (Å²) < 4.78 is 33.2. The lowest BCUT2D eigenvalue weighted by molar-refractivity contribution is 0.355. The van der Waals surface area contributed by atoms with E-state index in [1.165, 1.54) is 23.5 Å². The molecule has 0 fully saturated rings. The van der Waals surface area contributed by atoms with E-state index in [-0.39, 0.29) is 4.90 Å². The van der Waals surface area contributed by atoms with Crippen LogP contribution in [0.3, 0.4) is 0 Å². The third-order valence-corrected chi connectivity index (χ3v) is 5.43. The topological polar surface area (TPSA) is 91.5 Å². The van der Waals surface area contributed by atoms with E-state index in [9.17, 15) is 8.42 Å². The number of nitrogens with zero attached hydrogens (tertiary/aromatic N) is 1. The Bertz CT molecular complexity index is 996. The van der Waals surface area contributed by atoms with Gasteiger partial charge in [-0.3, -0.25) is 0 Å². The smallest absolute Gasteiger partial charge is 0.238 e. The van der Waals surface area contributed by atoms with Crippen LogP contribution in [-0.2, 0) is 10.0 Å². The number of benzene rings is 2. The fourth-order valence-electron chi connectivity index (χ4n) is 2.32. The number of nitrogens with two attached hydrogens (primary N) is 1. The van der Waals surface area contributed by atoms with Crippen molar-refractivity contribution in [3.05, 3.63) is 47.8 Å². The summed E-state index contributed by atoms with van der Waals surface area (Å²) in [7, 11) is -0.525. The van der Waals surface area contributed by atoms with Gasteiger partial charge in [-0.15, -0.1) is 11.3 Å². The average Bonchev–Trinajstić information content (AvgIpc) is 3.10. The minimum Gasteiger partial charge on any atom is -0.493 e. The molecule has 3 rings (SSSR count). The molecule has 0 bridgehead atoms. The SMILES string of the molecule is COc1ccc(-c2csc(-c3ccc(S(N)(=O)=O)cc3)n2)cc1OC. The molecule has 2 aromatic carbocycles. The normalized spacial score (nSPS) is 11.3. The summed E-state index contributed by atoms with van der Waals surface area (Å²) in [5.41, 5.74) is 2.53. The van der Waals surface area contributed by atoms with Gasteiger partial charge >= 0.3 is 0 Å². The molecule has 1 heterocycles. The number of rotatable bonds is 5. The molecule has 0 radical (unpaired) electrons. The number of aromatic nitrogens is 1. The number of sulfonamides is 1. The van der Waals surface area contributed by atoms with E-state index in [0.29, 0.717) is 11.5 Å². The molecule has 25 heavy (non-hydrogen) atoms. The first kappa shape index (κ1) is 17.4. The van der Waals surface area contributed by atoms with Crippen molar-refractivity contribution in [3.8, 4) is 33.3 Å². The van der Waals surface area contributed by atoms with Gasteiger partial charge in [0, 0.05) is 16.5 Å². The van der Waals surface area contributed by atoms with Gasteiger partial charge in [0.1, 0.15) is 5.01 Å². The second-order valence-corrected chi connectivity index (χ2v) is 7.60. The average molecular weight is 376 g/mol. The van der Waals surface area contributed by atoms with Crippen LogP contribution in [0.4, 0.5) is 0 Å². The predicted molar refractivity (Wildman–Crippen MR) is 97.5 cm³/mol. The van der Waals surface area contributed by atoms with E-state index in [1.54, 1.807) is 26.4 Å². The Balaban J connectivity index is 1.92. The van der Waals surface area contributed by atoms with Gasteiger partial charge in [0.25, 0.3) is 0 Å². The lowest BCUT2D eigenvalue weighted by Crippen LogP contribution is -2.11. The molecule has 6 nitrogen and oxygen atoms in total. The van der Waals surface area contributed by atoms with E-state index in [0.717, 1.165) is 21.8 Å². The third-order valence-electron chi connectivity index (χ3n) is 3.61. The van der Waals surface area contributed by atoms with Crippen LogP contribution in [-0.4, -0.2) is 27.6 Å². The van der Waals surface area contributed by atoms with Gasteiger partial charge < -0.3 is 9.47 Å². The van der Waals surface area contributed by atoms with Gasteiger partial charge in [0.05, 0.1) is 24.8 Å². The molecule has 0 spiro atoms. The van der Waals surface area contributed by atoms with Crippen LogP contribution in [0.1, 0.15) is 0 Å². The Kier molecular flexibility index (Phi) is 4.76. The second kappa shape index (κ2) is 6.83. The van der Waals surface area contributed by atoms with E-state index in [4.69, 9.17) is 14.6 Å². The first-order valence-electron chi connectivity index (χ1n) is 7.23. The number of ether oxygens (including phenoxy) is 2. The molecule has 0 atom stereocenters. The van der Waals surface area contributed by atoms with E-state index < -0.39 is 10.0 Å². The molecule has 0 aliphatic rings. The quantitative estimate of drug-likeness (QED) is 0.739. The highest BCUT2D eigenvalue weighted by molar-refractivity contribution is 7.89. The summed E-state index contributed by atoms with van der Waals surface area (Å²) in [5, 5.41) is 7.83. The zero-order valence-electron chi connectivity index (χ0n) is 13.6. The van der Waals surface area contributed by atoms with Crippen LogP contribution in [0.25, 0.3) is 21.8 Å². The zero-order chi connectivity index (χ0) is 18.0. The highest BCUT2D eigenvalue weighted by atomic mass is 32.2. The Morgan fingerprint density at radius 1 is 0.960 bits per heavy atom. The van der Waals surface area contributed by atoms with Gasteiger partial charge in [-0.25, -0.2) is 18.5 Å². The lowest BCUT2D eigenvalue weighted by atomic mass is 10.1. The summed E-state index contributed by atoms with van der Waals surface area (Å²) in [6.07, 6.45) is 0. The van der Waals surface area contributed by atoms with Crippen LogP contribution in [0.15, 0.2) is 52.7 Å². The molecule has 0 amide bonds. The predicted octanol–water partition coefficient (Wildman–Crippen LogP) is 3.14. The van der Waals surface area contributed by atoms with Crippen molar-refractivity contribution < 1.29 is 17.9 Å². The summed E-state index contributed by atoms with van der Waals surface area (Å²) in [6.45, 7) is 0. The minimum absolute atomic E-state index is 0.0768. The summed E-state index contributed by atoms with van der Waals surface area (Å²) in [4.78, 5) is 4.69. The molecule has 0 saturated heterocycles. The van der Waals surface area contributed by atoms with Gasteiger partial charge in [0.15, 0.2) is 11.5 Å². The Morgan fingerprint density at radius 3 is 2.20 bits per heavy atom. The summed E-state index contributed by atoms with van der Waals surface area (Å²) >= 11 is 1.47. The number of primary sulfonamides is 1. The van der Waals surface area contributed by atoms with Crippen molar-refractivity contribution in [3.63, 3.8) is 0 Å². The standard InChI is InChI=1S/C17H16N2O4S2/c1-22-15-8-5-12(9-16(15)23-2)14-10-24-17(19-14)11-3-6-13(7-4-11)25(18,20)21/h3-10H,1-2H3,(H2,18,20,21). The van der Waals surface area contributed by atoms with Gasteiger partial charge in [-0.05, 0) is 30.3 Å². The highest BCUT2D eigenvalue weighted by Gasteiger charge is 2.12. The molecule has 130 valence electrons. The van der Waals surface area contributed by atoms with Crippen molar-refractivity contribution in [1.82, 2.24) is 4.98 Å². The molecule has 8 heteroatoms. The van der Waals surface area contributed by atoms with Crippen LogP contribution in [0, 0.1) is 0 Å². The fraction of sp³-hybridized carbons (Fsp3) is 0.118. The number of hydrogen-bond donors (Lipinski definition) is 1. The summed E-state index contributed by atoms with van der Waals surface area (Å²) in [6, 6.07) is 11.9. The van der Waals surface area contributed by atoms with E-state index in [1.807, 2.05) is 23.6 Å². The lowest BCUT2D eigenvalue weighted by Gasteiger charge is -2.08. The molecular formula is C17H16N2O4S2. The molecular weight excluding hydrogens is 360 g/mol. The van der Waals surface area contributed by atoms with E-state index >= 15 is 0 Å². The van der Waals surface area contributed by atoms with Crippen LogP contribution >= 0.6 is 11.3 Å². The van der Waals surface area contributed by atoms with Crippen LogP contribution < -0.4 is 14.6 Å². The first-order valence-corrected chi connectivity index (χ1v) is 9.66. The maximum Gasteiger partial charge on any atom is 0.238 e. The van der Waals surface area contributed by atoms with Crippen LogP contribution in [0.2, 0.25) is 0 Å². The number of hydrogen-bond acceptors (Lipinski definition) is 6. The maximum atomic E-state index is 11.3. The maximum absolute atomic E-state index is 11.3. The first-order chi connectivity index (χ1) is 11.9. The number of thiazole rings is 1. The molecule has 1 aromatic heterocycles. The zero-order valence-corrected chi connectivity index (χ0v) is 15.2. The summed E-state index contributed by atoms with van der Waals surface area (Å²) in [5.74, 6) is 1.28. The van der Waals surface area contributed by atoms with Crippen molar-refractivity contribution in [1.29, 1.82) is 0 Å². The molecule has 0 aliphatic carbocycles. The van der Waals surface area contributed by atoms with Crippen LogP contribution in [0.5, 0.6) is 11.5 Å². The van der Waals surface area contributed by atoms with Crippen molar-refractivity contribution >= 4 is 21.4 Å². The second-order valence-electron chi connectivity index (χ2n) is 5.18. The van der Waals surface area contributed by atoms with Crippen molar-refractivity contribution in [2.75, 3.05) is 14.2 Å². The highest BCUT2D eigenvalue weighted by Crippen LogP contribution is 2.34. The fourth-order valence-corrected chi connectivity index (χ4v) is 3.67. The van der Waals surface area contributed by atoms with Crippen molar-refractivity contribution in [2.24, 2.45) is 5.14 Å². The molecule has 2 N–H and O–H groups in total. The molecule has 3 aromatic rings. The third kappa shape index (κ3) is 3.65. The van der Waals surface area contributed by atoms with E-state index in [2.05, 4.69) is 4.98 Å². The van der Waals surface area contributed by atoms with Crippen molar-refractivity contribution in [2.45, 2.75) is 4.90 Å². The molecule has 0 unspecified atom stereocenters. The molecule has 0 aliphatic heterocycles. The van der Waals surface area contributed by atoms with Gasteiger partial charge in [-0.1, -0.05) is 12.1 Å². The Labute approximate surface area is 149 Å². The Hall–Kier alpha value is -2.42. The molecule has 0 saturated carbocycles. The van der Waals surface area contributed by atoms with Gasteiger partial charge in [-0.2, -0.15) is 0 Å². The Morgan fingerprint density at radius 2 is 1.60 bits per heavy atom. The largest absolute Gasteiger partial charge is 0.493 e. The van der Waals surface area contributed by atoms with Gasteiger partial charge in [0.2, 0.25) is 10.0 Å². The minimum atomic E-state index is -3.70. The number of methoxy groups -OCH3 is 2. The monoisotopic (exact) mass is 376 g/mol.